The van der Waals surface area contributed by atoms with Crippen LogP contribution in [0.25, 0.3) is 11.0 Å². The van der Waals surface area contributed by atoms with Crippen molar-refractivity contribution >= 4 is 16.9 Å². The van der Waals surface area contributed by atoms with E-state index in [2.05, 4.69) is 11.9 Å². The van der Waals surface area contributed by atoms with Gasteiger partial charge < -0.3 is 14.5 Å². The van der Waals surface area contributed by atoms with Gasteiger partial charge in [-0.05, 0) is 49.2 Å². The monoisotopic (exact) mass is 411 g/mol. The molecule has 30 heavy (non-hydrogen) atoms. The molecule has 0 spiro atoms. The fraction of sp³-hybridized carbons (Fsp3) is 0.348. The lowest BCUT2D eigenvalue weighted by atomic mass is 10.1. The summed E-state index contributed by atoms with van der Waals surface area (Å²) in [5.41, 5.74) is 0.979. The van der Waals surface area contributed by atoms with E-state index in [9.17, 15) is 18.8 Å². The van der Waals surface area contributed by atoms with Gasteiger partial charge in [0.25, 0.3) is 5.91 Å². The summed E-state index contributed by atoms with van der Waals surface area (Å²) in [6.45, 7) is 5.19. The maximum atomic E-state index is 13.3. The highest BCUT2D eigenvalue weighted by Gasteiger charge is 2.17. The molecule has 3 rings (SSSR count). The topological polar surface area (TPSA) is 75.2 Å². The fourth-order valence-electron chi connectivity index (χ4n) is 3.52. The zero-order valence-corrected chi connectivity index (χ0v) is 17.3. The van der Waals surface area contributed by atoms with Crippen molar-refractivity contribution in [2.45, 2.75) is 46.2 Å². The molecule has 0 atom stereocenters. The normalized spacial score (nSPS) is 11.0. The first-order valence-electron chi connectivity index (χ1n) is 10.2. The molecule has 0 aliphatic rings. The molecular formula is C23H26FN3O3. The van der Waals surface area contributed by atoms with Gasteiger partial charge in [-0.25, -0.2) is 4.39 Å². The number of H-pyrrole nitrogens is 1. The Morgan fingerprint density at radius 1 is 1.07 bits per heavy atom. The average Bonchev–Trinajstić information content (AvgIpc) is 2.75. The lowest BCUT2D eigenvalue weighted by molar-refractivity contribution is 0.0740. The lowest BCUT2D eigenvalue weighted by Crippen LogP contribution is -2.36. The second-order valence-corrected chi connectivity index (χ2v) is 7.30. The third-order valence-corrected chi connectivity index (χ3v) is 5.14. The van der Waals surface area contributed by atoms with Crippen LogP contribution in [0.2, 0.25) is 0 Å². The molecule has 1 amide bonds. The highest BCUT2D eigenvalue weighted by Crippen LogP contribution is 2.16. The Labute approximate surface area is 174 Å². The minimum Gasteiger partial charge on any atom is -0.334 e. The molecule has 6 nitrogen and oxygen atoms in total. The van der Waals surface area contributed by atoms with Crippen LogP contribution in [0, 0.1) is 5.82 Å². The molecule has 158 valence electrons. The number of fused-ring (bicyclic) bond motifs is 1. The van der Waals surface area contributed by atoms with Crippen LogP contribution in [-0.4, -0.2) is 26.9 Å². The largest absolute Gasteiger partial charge is 0.334 e. The predicted molar refractivity (Wildman–Crippen MR) is 115 cm³/mol. The standard InChI is InChI=1S/C23H26FN3O3/c1-3-5-6-13-26(15-16-7-10-18(24)11-8-16)22(29)17-9-12-20-19(14-17)25-21(28)23(30)27(20)4-2/h7-12,14H,3-6,13,15H2,1-2H3,(H,25,28). The molecule has 0 aliphatic carbocycles. The second kappa shape index (κ2) is 9.52. The SMILES string of the molecule is CCCCCN(Cc1ccc(F)cc1)C(=O)c1ccc2c(c1)[nH]c(=O)c(=O)n2CC. The van der Waals surface area contributed by atoms with E-state index < -0.39 is 11.1 Å². The first-order chi connectivity index (χ1) is 14.4. The second-order valence-electron chi connectivity index (χ2n) is 7.30. The van der Waals surface area contributed by atoms with Crippen molar-refractivity contribution in [3.63, 3.8) is 0 Å². The average molecular weight is 411 g/mol. The van der Waals surface area contributed by atoms with Crippen molar-refractivity contribution in [2.24, 2.45) is 0 Å². The number of hydrogen-bond acceptors (Lipinski definition) is 3. The summed E-state index contributed by atoms with van der Waals surface area (Å²) in [7, 11) is 0. The van der Waals surface area contributed by atoms with Crippen molar-refractivity contribution in [3.05, 3.63) is 80.1 Å². The number of benzene rings is 2. The molecule has 1 aromatic heterocycles. The number of aryl methyl sites for hydroxylation is 1. The quantitative estimate of drug-likeness (QED) is 0.454. The molecule has 1 heterocycles. The summed E-state index contributed by atoms with van der Waals surface area (Å²) >= 11 is 0. The number of aromatic nitrogens is 2. The van der Waals surface area contributed by atoms with Gasteiger partial charge in [0.1, 0.15) is 5.82 Å². The molecule has 0 radical (unpaired) electrons. The number of aromatic amines is 1. The van der Waals surface area contributed by atoms with Crippen LogP contribution in [0.1, 0.15) is 49.0 Å². The molecule has 0 unspecified atom stereocenters. The number of rotatable bonds is 8. The first-order valence-corrected chi connectivity index (χ1v) is 10.2. The van der Waals surface area contributed by atoms with Gasteiger partial charge in [-0.1, -0.05) is 31.9 Å². The number of carbonyl (C=O) groups excluding carboxylic acids is 1. The maximum absolute atomic E-state index is 13.3. The first kappa shape index (κ1) is 21.5. The van der Waals surface area contributed by atoms with Crippen molar-refractivity contribution < 1.29 is 9.18 Å². The van der Waals surface area contributed by atoms with E-state index in [1.807, 2.05) is 0 Å². The van der Waals surface area contributed by atoms with Crippen LogP contribution in [0.15, 0.2) is 52.1 Å². The molecule has 0 aliphatic heterocycles. The van der Waals surface area contributed by atoms with Crippen LogP contribution < -0.4 is 11.1 Å². The Morgan fingerprint density at radius 3 is 2.47 bits per heavy atom. The Kier molecular flexibility index (Phi) is 6.82. The van der Waals surface area contributed by atoms with Gasteiger partial charge in [0.15, 0.2) is 0 Å². The number of nitrogens with zero attached hydrogens (tertiary/aromatic N) is 2. The van der Waals surface area contributed by atoms with Crippen LogP contribution in [-0.2, 0) is 13.1 Å². The summed E-state index contributed by atoms with van der Waals surface area (Å²) in [6.07, 6.45) is 2.90. The van der Waals surface area contributed by atoms with Crippen LogP contribution in [0.4, 0.5) is 4.39 Å². The summed E-state index contributed by atoms with van der Waals surface area (Å²) in [5, 5.41) is 0. The van der Waals surface area contributed by atoms with Gasteiger partial charge in [0, 0.05) is 25.2 Å². The predicted octanol–water partition coefficient (Wildman–Crippen LogP) is 3.68. The van der Waals surface area contributed by atoms with Gasteiger partial charge in [-0.15, -0.1) is 0 Å². The van der Waals surface area contributed by atoms with E-state index in [-0.39, 0.29) is 11.7 Å². The third-order valence-electron chi connectivity index (χ3n) is 5.14. The van der Waals surface area contributed by atoms with Crippen LogP contribution in [0.3, 0.4) is 0 Å². The molecule has 2 aromatic carbocycles. The van der Waals surface area contributed by atoms with Crippen molar-refractivity contribution in [2.75, 3.05) is 6.54 Å². The number of carbonyl (C=O) groups is 1. The van der Waals surface area contributed by atoms with Crippen molar-refractivity contribution in [1.82, 2.24) is 14.5 Å². The number of nitrogens with one attached hydrogen (secondary N) is 1. The Bertz CT molecular complexity index is 1150. The van der Waals surface area contributed by atoms with Crippen molar-refractivity contribution in [1.29, 1.82) is 0 Å². The minimum absolute atomic E-state index is 0.174. The maximum Gasteiger partial charge on any atom is 0.316 e. The molecule has 0 fully saturated rings. The third kappa shape index (κ3) is 4.67. The van der Waals surface area contributed by atoms with E-state index in [0.29, 0.717) is 36.2 Å². The molecule has 7 heteroatoms. The van der Waals surface area contributed by atoms with Gasteiger partial charge in [-0.2, -0.15) is 0 Å². The van der Waals surface area contributed by atoms with Crippen LogP contribution >= 0.6 is 0 Å². The Hall–Kier alpha value is -3.22. The summed E-state index contributed by atoms with van der Waals surface area (Å²) < 4.78 is 14.6. The van der Waals surface area contributed by atoms with Crippen LogP contribution in [0.5, 0.6) is 0 Å². The van der Waals surface area contributed by atoms with E-state index in [4.69, 9.17) is 0 Å². The number of hydrogen-bond donors (Lipinski definition) is 1. The molecule has 3 aromatic rings. The highest BCUT2D eigenvalue weighted by atomic mass is 19.1. The minimum atomic E-state index is -0.708. The van der Waals surface area contributed by atoms with Gasteiger partial charge >= 0.3 is 11.1 Å². The Balaban J connectivity index is 1.95. The zero-order valence-electron chi connectivity index (χ0n) is 17.3. The number of unbranched alkanes of at least 4 members (excludes halogenated alkanes) is 2. The molecule has 0 bridgehead atoms. The summed E-state index contributed by atoms with van der Waals surface area (Å²) in [5.74, 6) is -0.490. The van der Waals surface area contributed by atoms with Crippen molar-refractivity contribution in [3.8, 4) is 0 Å². The number of halogens is 1. The van der Waals surface area contributed by atoms with E-state index >= 15 is 0 Å². The molecular weight excluding hydrogens is 385 g/mol. The Morgan fingerprint density at radius 2 is 1.80 bits per heavy atom. The van der Waals surface area contributed by atoms with E-state index in [1.54, 1.807) is 42.2 Å². The molecule has 0 saturated heterocycles. The van der Waals surface area contributed by atoms with Gasteiger partial charge in [-0.3, -0.25) is 14.4 Å². The highest BCUT2D eigenvalue weighted by molar-refractivity contribution is 5.97. The van der Waals surface area contributed by atoms with Gasteiger partial charge in [0.05, 0.1) is 11.0 Å². The zero-order chi connectivity index (χ0) is 21.7. The summed E-state index contributed by atoms with van der Waals surface area (Å²) in [4.78, 5) is 41.5. The number of amides is 1. The summed E-state index contributed by atoms with van der Waals surface area (Å²) in [6, 6.07) is 11.1. The van der Waals surface area contributed by atoms with E-state index in [0.717, 1.165) is 24.8 Å². The van der Waals surface area contributed by atoms with E-state index in [1.165, 1.54) is 16.7 Å². The fourth-order valence-corrected chi connectivity index (χ4v) is 3.52. The molecule has 0 saturated carbocycles. The smallest absolute Gasteiger partial charge is 0.316 e. The lowest BCUT2D eigenvalue weighted by Gasteiger charge is -2.23. The molecule has 1 N–H and O–H groups in total. The van der Waals surface area contributed by atoms with Gasteiger partial charge in [0.2, 0.25) is 0 Å².